The van der Waals surface area contributed by atoms with Crippen molar-refractivity contribution < 1.29 is 8.42 Å². The van der Waals surface area contributed by atoms with Crippen molar-refractivity contribution in [3.63, 3.8) is 0 Å². The van der Waals surface area contributed by atoms with Crippen molar-refractivity contribution in [2.45, 2.75) is 11.8 Å². The maximum atomic E-state index is 11.9. The van der Waals surface area contributed by atoms with Crippen LogP contribution in [0.15, 0.2) is 72.1 Å². The zero-order chi connectivity index (χ0) is 17.4. The summed E-state index contributed by atoms with van der Waals surface area (Å²) in [4.78, 5) is 11.5. The Kier molecular flexibility index (Phi) is 5.80. The molecule has 0 radical (unpaired) electrons. The quantitative estimate of drug-likeness (QED) is 0.706. The summed E-state index contributed by atoms with van der Waals surface area (Å²) >= 11 is 0. The van der Waals surface area contributed by atoms with Gasteiger partial charge < -0.3 is 5.73 Å². The molecule has 7 nitrogen and oxygen atoms in total. The molecule has 1 aromatic carbocycles. The second kappa shape index (κ2) is 8.02. The Balaban J connectivity index is 0.000000249. The largest absolute Gasteiger partial charge is 0.399 e. The van der Waals surface area contributed by atoms with Gasteiger partial charge in [0, 0.05) is 30.5 Å². The molecule has 8 heteroatoms. The van der Waals surface area contributed by atoms with Crippen molar-refractivity contribution in [2.24, 2.45) is 0 Å². The average Bonchev–Trinajstić information content (AvgIpc) is 2.57. The van der Waals surface area contributed by atoms with E-state index >= 15 is 0 Å². The number of sulfonamides is 1. The van der Waals surface area contributed by atoms with Gasteiger partial charge in [-0.25, -0.2) is 23.1 Å². The van der Waals surface area contributed by atoms with Crippen LogP contribution in [-0.2, 0) is 10.0 Å². The van der Waals surface area contributed by atoms with Crippen molar-refractivity contribution in [3.05, 3.63) is 72.8 Å². The zero-order valence-electron chi connectivity index (χ0n) is 13.0. The fraction of sp³-hybridized carbons (Fsp3) is 0.0625. The van der Waals surface area contributed by atoms with E-state index < -0.39 is 10.0 Å². The molecule has 0 atom stereocenters. The van der Waals surface area contributed by atoms with Crippen molar-refractivity contribution in [2.75, 3.05) is 10.5 Å². The Morgan fingerprint density at radius 2 is 1.50 bits per heavy atom. The van der Waals surface area contributed by atoms with Gasteiger partial charge in [0.05, 0.1) is 4.90 Å². The molecule has 0 amide bonds. The molecule has 0 aliphatic rings. The fourth-order valence-electron chi connectivity index (χ4n) is 1.60. The third kappa shape index (κ3) is 5.33. The van der Waals surface area contributed by atoms with Crippen molar-refractivity contribution in [1.82, 2.24) is 15.0 Å². The summed E-state index contributed by atoms with van der Waals surface area (Å²) in [5.41, 5.74) is 7.24. The van der Waals surface area contributed by atoms with Crippen LogP contribution in [0, 0.1) is 6.92 Å². The van der Waals surface area contributed by atoms with Gasteiger partial charge in [-0.3, -0.25) is 4.98 Å². The van der Waals surface area contributed by atoms with E-state index in [1.165, 1.54) is 42.2 Å². The highest BCUT2D eigenvalue weighted by atomic mass is 32.2. The first-order valence-electron chi connectivity index (χ1n) is 6.99. The maximum Gasteiger partial charge on any atom is 0.264 e. The van der Waals surface area contributed by atoms with E-state index in [1.54, 1.807) is 18.5 Å². The highest BCUT2D eigenvalue weighted by molar-refractivity contribution is 7.92. The van der Waals surface area contributed by atoms with Crippen LogP contribution in [0.25, 0.3) is 0 Å². The molecule has 0 fully saturated rings. The first-order chi connectivity index (χ1) is 11.5. The van der Waals surface area contributed by atoms with Crippen molar-refractivity contribution in [3.8, 4) is 0 Å². The number of nitrogens with zero attached hydrogens (tertiary/aromatic N) is 3. The Labute approximate surface area is 140 Å². The Morgan fingerprint density at radius 1 is 0.917 bits per heavy atom. The molecule has 3 N–H and O–H groups in total. The number of anilines is 2. The predicted molar refractivity (Wildman–Crippen MR) is 92.7 cm³/mol. The van der Waals surface area contributed by atoms with Gasteiger partial charge in [0.2, 0.25) is 5.95 Å². The number of nitrogen functional groups attached to an aromatic ring is 1. The number of rotatable bonds is 3. The van der Waals surface area contributed by atoms with Crippen LogP contribution in [0.2, 0.25) is 0 Å². The number of pyridine rings is 1. The lowest BCUT2D eigenvalue weighted by atomic mass is 10.3. The highest BCUT2D eigenvalue weighted by Gasteiger charge is 2.14. The zero-order valence-corrected chi connectivity index (χ0v) is 13.8. The molecule has 124 valence electrons. The molecule has 0 aliphatic heterocycles. The van der Waals surface area contributed by atoms with Crippen LogP contribution in [0.4, 0.5) is 11.6 Å². The van der Waals surface area contributed by atoms with E-state index in [0.717, 1.165) is 0 Å². The van der Waals surface area contributed by atoms with E-state index in [0.29, 0.717) is 5.69 Å². The second-order valence-corrected chi connectivity index (χ2v) is 6.45. The van der Waals surface area contributed by atoms with Gasteiger partial charge in [-0.15, -0.1) is 0 Å². The van der Waals surface area contributed by atoms with Gasteiger partial charge in [0.25, 0.3) is 10.0 Å². The summed E-state index contributed by atoms with van der Waals surface area (Å²) in [6.07, 6.45) is 6.48. The van der Waals surface area contributed by atoms with Crippen LogP contribution in [0.1, 0.15) is 5.56 Å². The third-order valence-electron chi connectivity index (χ3n) is 2.83. The first kappa shape index (κ1) is 17.4. The lowest BCUT2D eigenvalue weighted by Crippen LogP contribution is -2.14. The monoisotopic (exact) mass is 343 g/mol. The maximum absolute atomic E-state index is 11.9. The van der Waals surface area contributed by atoms with Gasteiger partial charge in [-0.1, -0.05) is 0 Å². The third-order valence-corrected chi connectivity index (χ3v) is 4.17. The minimum atomic E-state index is -3.66. The van der Waals surface area contributed by atoms with Crippen LogP contribution < -0.4 is 10.5 Å². The lowest BCUT2D eigenvalue weighted by Gasteiger charge is -2.05. The van der Waals surface area contributed by atoms with E-state index in [-0.39, 0.29) is 10.8 Å². The molecule has 0 saturated carbocycles. The highest BCUT2D eigenvalue weighted by Crippen LogP contribution is 2.14. The molecule has 0 unspecified atom stereocenters. The summed E-state index contributed by atoms with van der Waals surface area (Å²) in [5, 5.41) is 0. The number of nitrogens with two attached hydrogens (primary N) is 1. The number of hydrogen-bond acceptors (Lipinski definition) is 6. The summed E-state index contributed by atoms with van der Waals surface area (Å²) in [7, 11) is -3.66. The van der Waals surface area contributed by atoms with Crippen LogP contribution in [0.5, 0.6) is 0 Å². The topological polar surface area (TPSA) is 111 Å². The number of nitrogens with one attached hydrogen (secondary N) is 1. The van der Waals surface area contributed by atoms with E-state index in [2.05, 4.69) is 19.7 Å². The minimum absolute atomic E-state index is 0.0318. The van der Waals surface area contributed by atoms with E-state index in [9.17, 15) is 8.42 Å². The van der Waals surface area contributed by atoms with Crippen molar-refractivity contribution >= 4 is 21.7 Å². The molecule has 2 heterocycles. The molecule has 24 heavy (non-hydrogen) atoms. The first-order valence-corrected chi connectivity index (χ1v) is 8.48. The molecule has 2 aromatic heterocycles. The average molecular weight is 343 g/mol. The van der Waals surface area contributed by atoms with Gasteiger partial charge in [0.15, 0.2) is 0 Å². The lowest BCUT2D eigenvalue weighted by molar-refractivity contribution is 0.601. The van der Waals surface area contributed by atoms with Crippen LogP contribution in [-0.4, -0.2) is 23.4 Å². The second-order valence-electron chi connectivity index (χ2n) is 4.77. The Morgan fingerprint density at radius 3 is 2.00 bits per heavy atom. The Hall–Kier alpha value is -3.00. The van der Waals surface area contributed by atoms with Crippen LogP contribution >= 0.6 is 0 Å². The van der Waals surface area contributed by atoms with Gasteiger partial charge >= 0.3 is 0 Å². The normalized spacial score (nSPS) is 10.4. The molecule has 3 aromatic rings. The molecular weight excluding hydrogens is 326 g/mol. The number of hydrogen-bond donors (Lipinski definition) is 2. The summed E-state index contributed by atoms with van der Waals surface area (Å²) in [6.45, 7) is 2.04. The smallest absolute Gasteiger partial charge is 0.264 e. The fourth-order valence-corrected chi connectivity index (χ4v) is 2.56. The number of benzene rings is 1. The van der Waals surface area contributed by atoms with Gasteiger partial charge in [0.1, 0.15) is 0 Å². The molecule has 3 rings (SSSR count). The summed E-state index contributed by atoms with van der Waals surface area (Å²) in [5.74, 6) is 0.0318. The predicted octanol–water partition coefficient (Wildman–Crippen LogP) is 2.25. The van der Waals surface area contributed by atoms with Crippen molar-refractivity contribution in [1.29, 1.82) is 0 Å². The van der Waals surface area contributed by atoms with Crippen LogP contribution in [0.3, 0.4) is 0 Å². The minimum Gasteiger partial charge on any atom is -0.399 e. The van der Waals surface area contributed by atoms with E-state index in [4.69, 9.17) is 5.73 Å². The molecule has 0 spiro atoms. The summed E-state index contributed by atoms with van der Waals surface area (Å²) < 4.78 is 26.0. The number of aryl methyl sites for hydroxylation is 1. The molecular formula is C16H17N5O2S. The summed E-state index contributed by atoms with van der Waals surface area (Å²) in [6, 6.07) is 11.4. The SMILES string of the molecule is Cc1ccncc1.Nc1ccc(S(=O)(=O)Nc2ncccn2)cc1. The molecule has 0 bridgehead atoms. The standard InChI is InChI=1S/C10H10N4O2S.C6H7N/c11-8-2-4-9(5-3-8)17(15,16)14-10-12-6-1-7-13-10;1-6-2-4-7-5-3-6/h1-7H,11H2,(H,12,13,14);2-5H,1H3. The van der Waals surface area contributed by atoms with E-state index in [1.807, 2.05) is 19.1 Å². The Bertz CT molecular complexity index is 854. The van der Waals surface area contributed by atoms with Gasteiger partial charge in [-0.05, 0) is 55.0 Å². The number of aromatic nitrogens is 3. The van der Waals surface area contributed by atoms with Gasteiger partial charge in [-0.2, -0.15) is 0 Å². The molecule has 0 saturated heterocycles. The molecule has 0 aliphatic carbocycles.